The Kier molecular flexibility index (Phi) is 2.58. The molecule has 0 aliphatic rings. The second-order valence-corrected chi connectivity index (χ2v) is 3.34. The number of rotatable bonds is 2. The first-order chi connectivity index (χ1) is 7.25. The Morgan fingerprint density at radius 1 is 1.33 bits per heavy atom. The van der Waals surface area contributed by atoms with Crippen LogP contribution in [0.3, 0.4) is 0 Å². The van der Waals surface area contributed by atoms with Gasteiger partial charge in [-0.15, -0.1) is 0 Å². The molecular weight excluding hydrogens is 190 g/mol. The third-order valence-electron chi connectivity index (χ3n) is 2.08. The highest BCUT2D eigenvalue weighted by Crippen LogP contribution is 1.94. The number of aromatic nitrogens is 3. The molecular formula is C11H11N3O. The molecule has 0 saturated carbocycles. The quantitative estimate of drug-likeness (QED) is 0.728. The third kappa shape index (κ3) is 2.28. The zero-order valence-electron chi connectivity index (χ0n) is 8.42. The van der Waals surface area contributed by atoms with Crippen LogP contribution >= 0.6 is 0 Å². The highest BCUT2D eigenvalue weighted by Gasteiger charge is 1.99. The number of nitrogens with zero attached hydrogens (tertiary/aromatic N) is 3. The molecule has 2 heterocycles. The van der Waals surface area contributed by atoms with Crippen LogP contribution < -0.4 is 5.56 Å². The fourth-order valence-corrected chi connectivity index (χ4v) is 1.30. The van der Waals surface area contributed by atoms with E-state index in [9.17, 15) is 4.79 Å². The third-order valence-corrected chi connectivity index (χ3v) is 2.08. The summed E-state index contributed by atoms with van der Waals surface area (Å²) in [6.45, 7) is 2.31. The maximum atomic E-state index is 11.6. The molecule has 0 N–H and O–H groups in total. The molecule has 0 aromatic carbocycles. The highest BCUT2D eigenvalue weighted by molar-refractivity contribution is 5.08. The molecule has 0 saturated heterocycles. The summed E-state index contributed by atoms with van der Waals surface area (Å²) in [6.07, 6.45) is 5.09. The van der Waals surface area contributed by atoms with Crippen molar-refractivity contribution in [3.8, 4) is 0 Å². The zero-order valence-corrected chi connectivity index (χ0v) is 8.42. The predicted molar refractivity (Wildman–Crippen MR) is 56.6 cm³/mol. The Morgan fingerprint density at radius 3 is 2.73 bits per heavy atom. The average molecular weight is 201 g/mol. The number of aryl methyl sites for hydroxylation is 1. The normalized spacial score (nSPS) is 10.2. The molecule has 0 aliphatic heterocycles. The fourth-order valence-electron chi connectivity index (χ4n) is 1.30. The second-order valence-electron chi connectivity index (χ2n) is 3.34. The summed E-state index contributed by atoms with van der Waals surface area (Å²) in [6, 6.07) is 5.24. The van der Waals surface area contributed by atoms with Crippen molar-refractivity contribution in [3.63, 3.8) is 0 Å². The average Bonchev–Trinajstić information content (AvgIpc) is 2.24. The van der Waals surface area contributed by atoms with Gasteiger partial charge in [0.2, 0.25) is 0 Å². The monoisotopic (exact) mass is 201 g/mol. The second kappa shape index (κ2) is 4.04. The van der Waals surface area contributed by atoms with Crippen LogP contribution in [-0.4, -0.2) is 14.5 Å². The molecule has 0 fully saturated rings. The maximum absolute atomic E-state index is 11.6. The van der Waals surface area contributed by atoms with Crippen LogP contribution in [0.4, 0.5) is 0 Å². The van der Waals surface area contributed by atoms with E-state index in [0.717, 1.165) is 5.56 Å². The zero-order chi connectivity index (χ0) is 10.7. The standard InChI is InChI=1S/C11H11N3O/c1-9-3-6-14(11(15)7-9)8-10-12-4-2-5-13-10/h2-7H,8H2,1H3. The predicted octanol–water partition coefficient (Wildman–Crippen LogP) is 0.995. The minimum atomic E-state index is -0.0255. The highest BCUT2D eigenvalue weighted by atomic mass is 16.1. The fraction of sp³-hybridized carbons (Fsp3) is 0.182. The largest absolute Gasteiger partial charge is 0.308 e. The van der Waals surface area contributed by atoms with E-state index in [1.807, 2.05) is 13.0 Å². The van der Waals surface area contributed by atoms with Crippen LogP contribution in [0.15, 0.2) is 41.6 Å². The van der Waals surface area contributed by atoms with Gasteiger partial charge in [0.05, 0.1) is 6.54 Å². The van der Waals surface area contributed by atoms with Crippen molar-refractivity contribution < 1.29 is 0 Å². The first-order valence-corrected chi connectivity index (χ1v) is 4.69. The van der Waals surface area contributed by atoms with Gasteiger partial charge in [-0.1, -0.05) is 0 Å². The van der Waals surface area contributed by atoms with Crippen molar-refractivity contribution in [3.05, 3.63) is 58.5 Å². The lowest BCUT2D eigenvalue weighted by molar-refractivity contribution is 0.712. The van der Waals surface area contributed by atoms with E-state index in [1.165, 1.54) is 0 Å². The molecule has 76 valence electrons. The molecule has 2 aromatic rings. The topological polar surface area (TPSA) is 47.8 Å². The molecule has 0 unspecified atom stereocenters. The van der Waals surface area contributed by atoms with Crippen molar-refractivity contribution in [2.45, 2.75) is 13.5 Å². The van der Waals surface area contributed by atoms with Crippen molar-refractivity contribution >= 4 is 0 Å². The van der Waals surface area contributed by atoms with Gasteiger partial charge in [0.25, 0.3) is 5.56 Å². The van der Waals surface area contributed by atoms with Gasteiger partial charge in [0.15, 0.2) is 0 Å². The molecule has 2 rings (SSSR count). The van der Waals surface area contributed by atoms with E-state index in [1.54, 1.807) is 35.3 Å². The van der Waals surface area contributed by atoms with Crippen LogP contribution in [-0.2, 0) is 6.54 Å². The van der Waals surface area contributed by atoms with E-state index in [-0.39, 0.29) is 5.56 Å². The van der Waals surface area contributed by atoms with Crippen molar-refractivity contribution in [1.82, 2.24) is 14.5 Å². The first kappa shape index (κ1) is 9.58. The van der Waals surface area contributed by atoms with Crippen molar-refractivity contribution in [2.24, 2.45) is 0 Å². The summed E-state index contributed by atoms with van der Waals surface area (Å²) >= 11 is 0. The van der Waals surface area contributed by atoms with Gasteiger partial charge in [-0.25, -0.2) is 9.97 Å². The minimum absolute atomic E-state index is 0.0255. The van der Waals surface area contributed by atoms with Gasteiger partial charge >= 0.3 is 0 Å². The first-order valence-electron chi connectivity index (χ1n) is 4.69. The van der Waals surface area contributed by atoms with Gasteiger partial charge < -0.3 is 4.57 Å². The lowest BCUT2D eigenvalue weighted by Crippen LogP contribution is -2.20. The molecule has 4 nitrogen and oxygen atoms in total. The summed E-state index contributed by atoms with van der Waals surface area (Å²) in [5.74, 6) is 0.642. The molecule has 0 bridgehead atoms. The van der Waals surface area contributed by atoms with Gasteiger partial charge in [0, 0.05) is 24.7 Å². The summed E-state index contributed by atoms with van der Waals surface area (Å²) in [5, 5.41) is 0. The van der Waals surface area contributed by atoms with E-state index < -0.39 is 0 Å². The summed E-state index contributed by atoms with van der Waals surface area (Å²) < 4.78 is 1.59. The molecule has 0 atom stereocenters. The Balaban J connectivity index is 2.29. The number of hydrogen-bond acceptors (Lipinski definition) is 3. The van der Waals surface area contributed by atoms with Crippen LogP contribution in [0.2, 0.25) is 0 Å². The minimum Gasteiger partial charge on any atom is -0.308 e. The SMILES string of the molecule is Cc1ccn(Cc2ncccn2)c(=O)c1. The Morgan fingerprint density at radius 2 is 2.07 bits per heavy atom. The van der Waals surface area contributed by atoms with Crippen molar-refractivity contribution in [2.75, 3.05) is 0 Å². The molecule has 2 aromatic heterocycles. The molecule has 0 radical (unpaired) electrons. The van der Waals surface area contributed by atoms with Crippen LogP contribution in [0.5, 0.6) is 0 Å². The van der Waals surface area contributed by atoms with Gasteiger partial charge in [-0.3, -0.25) is 4.79 Å². The van der Waals surface area contributed by atoms with Crippen LogP contribution in [0.1, 0.15) is 11.4 Å². The van der Waals surface area contributed by atoms with E-state index in [0.29, 0.717) is 12.4 Å². The molecule has 0 aliphatic carbocycles. The Hall–Kier alpha value is -1.97. The lowest BCUT2D eigenvalue weighted by Gasteiger charge is -2.03. The number of pyridine rings is 1. The summed E-state index contributed by atoms with van der Waals surface area (Å²) in [5.41, 5.74) is 0.938. The van der Waals surface area contributed by atoms with Crippen molar-refractivity contribution in [1.29, 1.82) is 0 Å². The lowest BCUT2D eigenvalue weighted by atomic mass is 10.3. The maximum Gasteiger partial charge on any atom is 0.251 e. The Labute approximate surface area is 87.2 Å². The van der Waals surface area contributed by atoms with Crippen LogP contribution in [0.25, 0.3) is 0 Å². The van der Waals surface area contributed by atoms with Gasteiger partial charge in [-0.05, 0) is 24.6 Å². The van der Waals surface area contributed by atoms with E-state index >= 15 is 0 Å². The van der Waals surface area contributed by atoms with Gasteiger partial charge in [-0.2, -0.15) is 0 Å². The molecule has 0 amide bonds. The molecule has 15 heavy (non-hydrogen) atoms. The molecule has 0 spiro atoms. The van der Waals surface area contributed by atoms with E-state index in [2.05, 4.69) is 9.97 Å². The van der Waals surface area contributed by atoms with E-state index in [4.69, 9.17) is 0 Å². The molecule has 4 heteroatoms. The van der Waals surface area contributed by atoms with Crippen LogP contribution in [0, 0.1) is 6.92 Å². The smallest absolute Gasteiger partial charge is 0.251 e. The summed E-state index contributed by atoms with van der Waals surface area (Å²) in [7, 11) is 0. The van der Waals surface area contributed by atoms with Gasteiger partial charge in [0.1, 0.15) is 5.82 Å². The summed E-state index contributed by atoms with van der Waals surface area (Å²) in [4.78, 5) is 19.7. The number of hydrogen-bond donors (Lipinski definition) is 0. The Bertz CT molecular complexity index is 505.